The Morgan fingerprint density at radius 1 is 1.67 bits per heavy atom. The molecule has 0 aromatic heterocycles. The number of dihydropyridines is 1. The lowest BCUT2D eigenvalue weighted by Gasteiger charge is -2.03. The highest BCUT2D eigenvalue weighted by Gasteiger charge is 2.11. The van der Waals surface area contributed by atoms with Crippen molar-refractivity contribution in [1.82, 2.24) is 0 Å². The smallest absolute Gasteiger partial charge is 0.286 e. The van der Waals surface area contributed by atoms with Crippen molar-refractivity contribution < 1.29 is 15.0 Å². The van der Waals surface area contributed by atoms with Crippen LogP contribution in [0.25, 0.3) is 0 Å². The summed E-state index contributed by atoms with van der Waals surface area (Å²) in [7, 11) is 0. The van der Waals surface area contributed by atoms with E-state index in [0.29, 0.717) is 6.42 Å². The summed E-state index contributed by atoms with van der Waals surface area (Å²) in [4.78, 5) is 14.8. The fraction of sp³-hybridized carbons (Fsp3) is 0.400. The van der Waals surface area contributed by atoms with Crippen LogP contribution < -0.4 is 5.73 Å². The fourth-order valence-corrected chi connectivity index (χ4v) is 0.963. The van der Waals surface area contributed by atoms with E-state index in [1.54, 1.807) is 6.08 Å². The minimum absolute atomic E-state index is 0.125. The summed E-state index contributed by atoms with van der Waals surface area (Å²) in [6, 6.07) is 0. The van der Waals surface area contributed by atoms with Crippen LogP contribution in [0.4, 0.5) is 0 Å². The molecule has 0 saturated carbocycles. The van der Waals surface area contributed by atoms with Crippen LogP contribution in [-0.2, 0) is 4.79 Å². The number of amidine groups is 1. The molecule has 0 unspecified atom stereocenters. The molecule has 0 spiro atoms. The first kappa shape index (κ1) is 11.4. The van der Waals surface area contributed by atoms with Crippen LogP contribution >= 0.6 is 0 Å². The molecule has 0 aromatic carbocycles. The lowest BCUT2D eigenvalue weighted by Crippen LogP contribution is -2.18. The molecule has 15 heavy (non-hydrogen) atoms. The van der Waals surface area contributed by atoms with Crippen molar-refractivity contribution in [3.05, 3.63) is 11.6 Å². The standard InChI is InChI=1S/C10H12N2O3/c11-9-5-4-7(10(15)12-9)2-1-3-8(14)6-13/h4,8,13-14H,3,5-6H2,(H2,11,12,15)/t8-/m0/s1. The van der Waals surface area contributed by atoms with Gasteiger partial charge in [0.25, 0.3) is 5.91 Å². The molecule has 1 atom stereocenters. The summed E-state index contributed by atoms with van der Waals surface area (Å²) in [6.45, 7) is -0.341. The van der Waals surface area contributed by atoms with E-state index in [9.17, 15) is 4.79 Å². The maximum absolute atomic E-state index is 11.2. The number of hydrogen-bond acceptors (Lipinski definition) is 4. The Hall–Kier alpha value is -1.64. The topological polar surface area (TPSA) is 95.9 Å². The van der Waals surface area contributed by atoms with Gasteiger partial charge >= 0.3 is 0 Å². The van der Waals surface area contributed by atoms with Gasteiger partial charge in [-0.1, -0.05) is 17.9 Å². The number of carbonyl (C=O) groups excluding carboxylic acids is 1. The van der Waals surface area contributed by atoms with Gasteiger partial charge in [-0.2, -0.15) is 4.99 Å². The van der Waals surface area contributed by atoms with Crippen molar-refractivity contribution in [2.45, 2.75) is 18.9 Å². The average molecular weight is 208 g/mol. The number of rotatable bonds is 2. The molecule has 0 aliphatic carbocycles. The quantitative estimate of drug-likeness (QED) is 0.504. The molecule has 5 nitrogen and oxygen atoms in total. The van der Waals surface area contributed by atoms with Crippen LogP contribution in [0.5, 0.6) is 0 Å². The summed E-state index contributed by atoms with van der Waals surface area (Å²) in [6.07, 6.45) is 1.27. The molecule has 0 bridgehead atoms. The Labute approximate surface area is 87.3 Å². The number of carbonyl (C=O) groups is 1. The van der Waals surface area contributed by atoms with Crippen LogP contribution in [0.3, 0.4) is 0 Å². The van der Waals surface area contributed by atoms with E-state index in [1.165, 1.54) is 0 Å². The molecule has 1 aliphatic rings. The number of nitrogens with zero attached hydrogens (tertiary/aromatic N) is 1. The molecule has 0 fully saturated rings. The largest absolute Gasteiger partial charge is 0.394 e. The monoisotopic (exact) mass is 208 g/mol. The Morgan fingerprint density at radius 2 is 2.40 bits per heavy atom. The first-order chi connectivity index (χ1) is 7.13. The molecule has 4 N–H and O–H groups in total. The van der Waals surface area contributed by atoms with Gasteiger partial charge in [-0.3, -0.25) is 4.79 Å². The molecule has 5 heteroatoms. The molecule has 1 amide bonds. The number of aliphatic hydroxyl groups is 2. The van der Waals surface area contributed by atoms with Crippen LogP contribution in [-0.4, -0.2) is 34.7 Å². The van der Waals surface area contributed by atoms with E-state index in [0.717, 1.165) is 0 Å². The van der Waals surface area contributed by atoms with Gasteiger partial charge in [0, 0.05) is 12.8 Å². The summed E-state index contributed by atoms with van der Waals surface area (Å²) >= 11 is 0. The molecule has 80 valence electrons. The fourth-order valence-electron chi connectivity index (χ4n) is 0.963. The highest BCUT2D eigenvalue weighted by Crippen LogP contribution is 2.05. The van der Waals surface area contributed by atoms with E-state index in [-0.39, 0.29) is 24.4 Å². The Balaban J connectivity index is 2.56. The minimum Gasteiger partial charge on any atom is -0.394 e. The number of aliphatic hydroxyl groups excluding tert-OH is 2. The van der Waals surface area contributed by atoms with Gasteiger partial charge in [0.05, 0.1) is 18.3 Å². The second kappa shape index (κ2) is 5.29. The third kappa shape index (κ3) is 3.54. The van der Waals surface area contributed by atoms with Crippen molar-refractivity contribution in [3.8, 4) is 11.8 Å². The van der Waals surface area contributed by atoms with E-state index in [1.807, 2.05) is 0 Å². The Kier molecular flexibility index (Phi) is 4.03. The summed E-state index contributed by atoms with van der Waals surface area (Å²) in [5, 5.41) is 17.5. The molecule has 0 radical (unpaired) electrons. The Bertz CT molecular complexity index is 374. The van der Waals surface area contributed by atoms with Crippen LogP contribution in [0.1, 0.15) is 12.8 Å². The molecule has 1 aliphatic heterocycles. The zero-order valence-corrected chi connectivity index (χ0v) is 8.10. The van der Waals surface area contributed by atoms with Gasteiger partial charge in [-0.05, 0) is 0 Å². The van der Waals surface area contributed by atoms with Crippen molar-refractivity contribution >= 4 is 11.7 Å². The normalized spacial score (nSPS) is 17.3. The maximum atomic E-state index is 11.2. The maximum Gasteiger partial charge on any atom is 0.286 e. The molecule has 1 heterocycles. The van der Waals surface area contributed by atoms with Crippen molar-refractivity contribution in [2.24, 2.45) is 10.7 Å². The molecular formula is C10H12N2O3. The van der Waals surface area contributed by atoms with Crippen LogP contribution in [0.15, 0.2) is 16.6 Å². The molecule has 0 aromatic rings. The van der Waals surface area contributed by atoms with Gasteiger partial charge in [0.15, 0.2) is 0 Å². The number of amides is 1. The van der Waals surface area contributed by atoms with Gasteiger partial charge < -0.3 is 15.9 Å². The average Bonchev–Trinajstić information content (AvgIpc) is 2.21. The minimum atomic E-state index is -0.870. The lowest BCUT2D eigenvalue weighted by molar-refractivity contribution is -0.114. The van der Waals surface area contributed by atoms with Gasteiger partial charge in [0.2, 0.25) is 0 Å². The third-order valence-corrected chi connectivity index (χ3v) is 1.76. The van der Waals surface area contributed by atoms with E-state index in [4.69, 9.17) is 15.9 Å². The highest BCUT2D eigenvalue weighted by atomic mass is 16.3. The third-order valence-electron chi connectivity index (χ3n) is 1.76. The molecular weight excluding hydrogens is 196 g/mol. The first-order valence-corrected chi connectivity index (χ1v) is 4.48. The summed E-state index contributed by atoms with van der Waals surface area (Å²) in [5.74, 6) is 5.00. The van der Waals surface area contributed by atoms with Gasteiger partial charge in [-0.15, -0.1) is 0 Å². The first-order valence-electron chi connectivity index (χ1n) is 4.48. The van der Waals surface area contributed by atoms with Gasteiger partial charge in [-0.25, -0.2) is 0 Å². The van der Waals surface area contributed by atoms with E-state index >= 15 is 0 Å². The van der Waals surface area contributed by atoms with E-state index in [2.05, 4.69) is 16.8 Å². The molecule has 1 rings (SSSR count). The number of hydrogen-bond donors (Lipinski definition) is 3. The number of nitrogens with two attached hydrogens (primary N) is 1. The summed E-state index contributed by atoms with van der Waals surface area (Å²) < 4.78 is 0. The summed E-state index contributed by atoms with van der Waals surface area (Å²) in [5.41, 5.74) is 5.64. The second-order valence-corrected chi connectivity index (χ2v) is 3.07. The van der Waals surface area contributed by atoms with E-state index < -0.39 is 12.0 Å². The lowest BCUT2D eigenvalue weighted by atomic mass is 10.1. The van der Waals surface area contributed by atoms with Crippen molar-refractivity contribution in [2.75, 3.05) is 6.61 Å². The predicted molar refractivity (Wildman–Crippen MR) is 54.8 cm³/mol. The van der Waals surface area contributed by atoms with Crippen molar-refractivity contribution in [3.63, 3.8) is 0 Å². The molecule has 0 saturated heterocycles. The zero-order valence-electron chi connectivity index (χ0n) is 8.10. The van der Waals surface area contributed by atoms with Crippen molar-refractivity contribution in [1.29, 1.82) is 0 Å². The van der Waals surface area contributed by atoms with Crippen LogP contribution in [0.2, 0.25) is 0 Å². The zero-order chi connectivity index (χ0) is 11.3. The highest BCUT2D eigenvalue weighted by molar-refractivity contribution is 6.08. The predicted octanol–water partition coefficient (Wildman–Crippen LogP) is -1.05. The Morgan fingerprint density at radius 3 is 3.00 bits per heavy atom. The second-order valence-electron chi connectivity index (χ2n) is 3.07. The van der Waals surface area contributed by atoms with Gasteiger partial charge in [0.1, 0.15) is 5.84 Å². The number of aliphatic imine (C=N–C) groups is 1. The SMILES string of the molecule is NC1=NC(=O)C(C#CC[C@H](O)CO)=CC1. The van der Waals surface area contributed by atoms with Crippen LogP contribution in [0, 0.1) is 11.8 Å².